The molecule has 142 valence electrons. The lowest BCUT2D eigenvalue weighted by atomic mass is 10.1. The fourth-order valence-electron chi connectivity index (χ4n) is 3.15. The van der Waals surface area contributed by atoms with Gasteiger partial charge in [-0.3, -0.25) is 9.59 Å². The molecule has 0 aliphatic carbocycles. The molecule has 0 bridgehead atoms. The topological polar surface area (TPSA) is 58.6 Å². The summed E-state index contributed by atoms with van der Waals surface area (Å²) in [5, 5.41) is 2.84. The van der Waals surface area contributed by atoms with Crippen molar-refractivity contribution in [3.63, 3.8) is 0 Å². The molecule has 1 aliphatic heterocycles. The van der Waals surface area contributed by atoms with Crippen molar-refractivity contribution in [2.24, 2.45) is 0 Å². The highest BCUT2D eigenvalue weighted by molar-refractivity contribution is 5.96. The molecule has 1 aliphatic rings. The summed E-state index contributed by atoms with van der Waals surface area (Å²) in [6, 6.07) is 14.6. The summed E-state index contributed by atoms with van der Waals surface area (Å²) in [7, 11) is 0. The Labute approximate surface area is 160 Å². The Balaban J connectivity index is 1.58. The molecule has 1 atom stereocenters. The van der Waals surface area contributed by atoms with Gasteiger partial charge in [-0.2, -0.15) is 0 Å². The third-order valence-corrected chi connectivity index (χ3v) is 4.81. The standard InChI is InChI=1S/C22H26N2O3/c1-16-8-4-5-9-20(16)27-17(2)21(25)23-19-12-10-18(11-13-19)22(26)24-14-6-3-7-15-24/h4-5,8-13,17H,3,6-7,14-15H2,1-2H3,(H,23,25). The number of rotatable bonds is 5. The highest BCUT2D eigenvalue weighted by Crippen LogP contribution is 2.19. The summed E-state index contributed by atoms with van der Waals surface area (Å²) in [5.74, 6) is 0.528. The number of nitrogens with one attached hydrogen (secondary N) is 1. The quantitative estimate of drug-likeness (QED) is 0.869. The maximum absolute atomic E-state index is 12.5. The van der Waals surface area contributed by atoms with E-state index in [1.54, 1.807) is 31.2 Å². The number of ether oxygens (including phenoxy) is 1. The number of carbonyl (C=O) groups is 2. The molecule has 1 fully saturated rings. The maximum atomic E-state index is 12.5. The highest BCUT2D eigenvalue weighted by Gasteiger charge is 2.19. The Bertz CT molecular complexity index is 795. The van der Waals surface area contributed by atoms with Gasteiger partial charge in [-0.1, -0.05) is 18.2 Å². The van der Waals surface area contributed by atoms with Crippen LogP contribution < -0.4 is 10.1 Å². The van der Waals surface area contributed by atoms with Crippen molar-refractivity contribution in [2.75, 3.05) is 18.4 Å². The first kappa shape index (κ1) is 19.0. The summed E-state index contributed by atoms with van der Waals surface area (Å²) in [4.78, 5) is 26.8. The van der Waals surface area contributed by atoms with E-state index in [2.05, 4.69) is 5.32 Å². The highest BCUT2D eigenvalue weighted by atomic mass is 16.5. The average Bonchev–Trinajstić information content (AvgIpc) is 2.70. The minimum absolute atomic E-state index is 0.0591. The van der Waals surface area contributed by atoms with Gasteiger partial charge < -0.3 is 15.0 Å². The summed E-state index contributed by atoms with van der Waals surface area (Å²) >= 11 is 0. The van der Waals surface area contributed by atoms with Crippen LogP contribution >= 0.6 is 0 Å². The number of carbonyl (C=O) groups excluding carboxylic acids is 2. The number of hydrogen-bond donors (Lipinski definition) is 1. The van der Waals surface area contributed by atoms with E-state index in [0.717, 1.165) is 31.5 Å². The van der Waals surface area contributed by atoms with Crippen LogP contribution in [-0.2, 0) is 4.79 Å². The molecule has 1 heterocycles. The number of likely N-dealkylation sites (tertiary alicyclic amines) is 1. The van der Waals surface area contributed by atoms with Crippen molar-refractivity contribution in [3.05, 3.63) is 59.7 Å². The number of amides is 2. The fraction of sp³-hybridized carbons (Fsp3) is 0.364. The van der Waals surface area contributed by atoms with Crippen LogP contribution in [0, 0.1) is 6.92 Å². The molecule has 1 N–H and O–H groups in total. The third kappa shape index (κ3) is 4.88. The molecule has 0 spiro atoms. The minimum Gasteiger partial charge on any atom is -0.481 e. The van der Waals surface area contributed by atoms with Crippen LogP contribution in [0.2, 0.25) is 0 Å². The lowest BCUT2D eigenvalue weighted by Crippen LogP contribution is -2.35. The molecular formula is C22H26N2O3. The zero-order chi connectivity index (χ0) is 19.2. The van der Waals surface area contributed by atoms with Gasteiger partial charge >= 0.3 is 0 Å². The summed E-state index contributed by atoms with van der Waals surface area (Å²) in [6.07, 6.45) is 2.70. The molecule has 3 rings (SSSR count). The predicted molar refractivity (Wildman–Crippen MR) is 106 cm³/mol. The van der Waals surface area contributed by atoms with E-state index in [-0.39, 0.29) is 11.8 Å². The van der Waals surface area contributed by atoms with E-state index in [9.17, 15) is 9.59 Å². The Morgan fingerprint density at radius 1 is 1.00 bits per heavy atom. The van der Waals surface area contributed by atoms with Crippen molar-refractivity contribution in [2.45, 2.75) is 39.2 Å². The normalized spacial score (nSPS) is 15.1. The fourth-order valence-corrected chi connectivity index (χ4v) is 3.15. The lowest BCUT2D eigenvalue weighted by molar-refractivity contribution is -0.122. The van der Waals surface area contributed by atoms with Crippen LogP contribution in [0.3, 0.4) is 0 Å². The molecule has 1 unspecified atom stereocenters. The molecule has 5 heteroatoms. The molecule has 0 aromatic heterocycles. The Hall–Kier alpha value is -2.82. The van der Waals surface area contributed by atoms with Gasteiger partial charge in [-0.25, -0.2) is 0 Å². The monoisotopic (exact) mass is 366 g/mol. The first-order valence-electron chi connectivity index (χ1n) is 9.47. The SMILES string of the molecule is Cc1ccccc1OC(C)C(=O)Nc1ccc(C(=O)N2CCCCC2)cc1. The average molecular weight is 366 g/mol. The van der Waals surface area contributed by atoms with E-state index < -0.39 is 6.10 Å². The molecule has 0 saturated carbocycles. The number of benzene rings is 2. The summed E-state index contributed by atoms with van der Waals surface area (Å²) in [6.45, 7) is 5.31. The summed E-state index contributed by atoms with van der Waals surface area (Å²) in [5.41, 5.74) is 2.28. The number of anilines is 1. The van der Waals surface area contributed by atoms with Gasteiger partial charge in [0.05, 0.1) is 0 Å². The number of piperidine rings is 1. The van der Waals surface area contributed by atoms with E-state index in [4.69, 9.17) is 4.74 Å². The van der Waals surface area contributed by atoms with Crippen molar-refractivity contribution in [1.82, 2.24) is 4.90 Å². The predicted octanol–water partition coefficient (Wildman–Crippen LogP) is 4.03. The van der Waals surface area contributed by atoms with E-state index in [1.165, 1.54) is 6.42 Å². The largest absolute Gasteiger partial charge is 0.481 e. The number of para-hydroxylation sites is 1. The third-order valence-electron chi connectivity index (χ3n) is 4.81. The van der Waals surface area contributed by atoms with E-state index >= 15 is 0 Å². The van der Waals surface area contributed by atoms with Gasteiger partial charge in [0.15, 0.2) is 6.10 Å². The second-order valence-electron chi connectivity index (χ2n) is 6.95. The van der Waals surface area contributed by atoms with Crippen molar-refractivity contribution < 1.29 is 14.3 Å². The maximum Gasteiger partial charge on any atom is 0.265 e. The molecule has 27 heavy (non-hydrogen) atoms. The molecule has 2 aromatic carbocycles. The van der Waals surface area contributed by atoms with Gasteiger partial charge in [0.2, 0.25) is 0 Å². The van der Waals surface area contributed by atoms with Crippen LogP contribution in [0.15, 0.2) is 48.5 Å². The molecule has 0 radical (unpaired) electrons. The van der Waals surface area contributed by atoms with Crippen LogP contribution in [0.5, 0.6) is 5.75 Å². The van der Waals surface area contributed by atoms with Crippen molar-refractivity contribution in [1.29, 1.82) is 0 Å². The van der Waals surface area contributed by atoms with Crippen LogP contribution in [-0.4, -0.2) is 35.9 Å². The van der Waals surface area contributed by atoms with Gasteiger partial charge in [0.25, 0.3) is 11.8 Å². The first-order chi connectivity index (χ1) is 13.0. The van der Waals surface area contributed by atoms with E-state index in [0.29, 0.717) is 17.0 Å². The smallest absolute Gasteiger partial charge is 0.265 e. The van der Waals surface area contributed by atoms with Crippen LogP contribution in [0.25, 0.3) is 0 Å². The molecular weight excluding hydrogens is 340 g/mol. The van der Waals surface area contributed by atoms with E-state index in [1.807, 2.05) is 36.1 Å². The molecule has 5 nitrogen and oxygen atoms in total. The Morgan fingerprint density at radius 2 is 1.67 bits per heavy atom. The van der Waals surface area contributed by atoms with Crippen LogP contribution in [0.1, 0.15) is 42.1 Å². The second kappa shape index (κ2) is 8.71. The second-order valence-corrected chi connectivity index (χ2v) is 6.95. The van der Waals surface area contributed by atoms with Crippen molar-refractivity contribution in [3.8, 4) is 5.75 Å². The van der Waals surface area contributed by atoms with Crippen LogP contribution in [0.4, 0.5) is 5.69 Å². The number of aryl methyl sites for hydroxylation is 1. The van der Waals surface area contributed by atoms with Gasteiger partial charge in [-0.05, 0) is 69.0 Å². The summed E-state index contributed by atoms with van der Waals surface area (Å²) < 4.78 is 5.75. The van der Waals surface area contributed by atoms with Gasteiger partial charge in [0.1, 0.15) is 5.75 Å². The van der Waals surface area contributed by atoms with Gasteiger partial charge in [-0.15, -0.1) is 0 Å². The Morgan fingerprint density at radius 3 is 2.33 bits per heavy atom. The van der Waals surface area contributed by atoms with Gasteiger partial charge in [0, 0.05) is 24.3 Å². The van der Waals surface area contributed by atoms with Crippen molar-refractivity contribution >= 4 is 17.5 Å². The lowest BCUT2D eigenvalue weighted by Gasteiger charge is -2.26. The number of hydrogen-bond acceptors (Lipinski definition) is 3. The molecule has 2 amide bonds. The zero-order valence-corrected chi connectivity index (χ0v) is 15.9. The minimum atomic E-state index is -0.624. The Kier molecular flexibility index (Phi) is 6.12. The molecule has 1 saturated heterocycles. The number of nitrogens with zero attached hydrogens (tertiary/aromatic N) is 1. The first-order valence-corrected chi connectivity index (χ1v) is 9.47. The zero-order valence-electron chi connectivity index (χ0n) is 15.9. The molecule has 2 aromatic rings.